The Morgan fingerprint density at radius 3 is 2.12 bits per heavy atom. The zero-order valence-corrected chi connectivity index (χ0v) is 19.4. The van der Waals surface area contributed by atoms with Crippen molar-refractivity contribution in [2.45, 2.75) is 13.8 Å². The van der Waals surface area contributed by atoms with Crippen LogP contribution in [0.4, 0.5) is 0 Å². The van der Waals surface area contributed by atoms with Gasteiger partial charge in [-0.3, -0.25) is 0 Å². The number of benzene rings is 4. The van der Waals surface area contributed by atoms with Crippen LogP contribution < -0.4 is 0 Å². The summed E-state index contributed by atoms with van der Waals surface area (Å²) in [7, 11) is 0. The first kappa shape index (κ1) is 21.5. The van der Waals surface area contributed by atoms with Gasteiger partial charge in [-0.2, -0.15) is 0 Å². The largest absolute Gasteiger partial charge is 0.237 e. The topological polar surface area (TPSA) is 25.8 Å². The molecule has 2 heteroatoms. The van der Waals surface area contributed by atoms with E-state index in [0.717, 1.165) is 22.7 Å². The maximum atomic E-state index is 4.83. The van der Waals surface area contributed by atoms with Gasteiger partial charge in [-0.25, -0.2) is 9.97 Å². The summed E-state index contributed by atoms with van der Waals surface area (Å²) >= 11 is 0. The van der Waals surface area contributed by atoms with Crippen molar-refractivity contribution in [1.29, 1.82) is 0 Å². The maximum Gasteiger partial charge on any atom is 0.159 e. The number of nitrogens with zero attached hydrogens (tertiary/aromatic N) is 2. The molecule has 5 rings (SSSR count). The molecule has 5 aromatic rings. The summed E-state index contributed by atoms with van der Waals surface area (Å²) in [6.07, 6.45) is 12.4. The number of fused-ring (bicyclic) bond motifs is 3. The molecule has 0 fully saturated rings. The van der Waals surface area contributed by atoms with Crippen molar-refractivity contribution >= 4 is 33.2 Å². The van der Waals surface area contributed by atoms with Crippen molar-refractivity contribution in [3.63, 3.8) is 0 Å². The molecule has 0 amide bonds. The number of hydrogen-bond acceptors (Lipinski definition) is 2. The fraction of sp³-hybridized carbons (Fsp3) is 0.0625. The highest BCUT2D eigenvalue weighted by Gasteiger charge is 2.09. The summed E-state index contributed by atoms with van der Waals surface area (Å²) in [6.45, 7) is 4.24. The van der Waals surface area contributed by atoms with Crippen LogP contribution in [0.1, 0.15) is 23.7 Å². The van der Waals surface area contributed by atoms with Crippen molar-refractivity contribution in [3.8, 4) is 11.4 Å². The molecule has 1 heterocycles. The third kappa shape index (κ3) is 4.18. The third-order valence-electron chi connectivity index (χ3n) is 6.11. The zero-order valence-electron chi connectivity index (χ0n) is 19.4. The molecule has 164 valence electrons. The smallest absolute Gasteiger partial charge is 0.159 e. The van der Waals surface area contributed by atoms with E-state index in [-0.39, 0.29) is 0 Å². The molecule has 0 N–H and O–H groups in total. The number of hydrogen-bond donors (Lipinski definition) is 0. The molecule has 0 spiro atoms. The third-order valence-corrected chi connectivity index (χ3v) is 6.11. The Hall–Kier alpha value is -4.30. The van der Waals surface area contributed by atoms with E-state index in [2.05, 4.69) is 84.7 Å². The minimum absolute atomic E-state index is 0.730. The van der Waals surface area contributed by atoms with Gasteiger partial charge < -0.3 is 0 Å². The van der Waals surface area contributed by atoms with E-state index in [1.165, 1.54) is 32.7 Å². The molecule has 0 atom stereocenters. The molecule has 0 aliphatic rings. The SMILES string of the molecule is C\C=C/C(=C\C=C\c1c(C)c2ccccc2c2ccccc12)c1ccnc(-c2ccccc2)n1. The van der Waals surface area contributed by atoms with Gasteiger partial charge in [0.2, 0.25) is 0 Å². The van der Waals surface area contributed by atoms with Gasteiger partial charge in [-0.1, -0.05) is 109 Å². The lowest BCUT2D eigenvalue weighted by molar-refractivity contribution is 1.15. The summed E-state index contributed by atoms with van der Waals surface area (Å²) in [4.78, 5) is 9.31. The van der Waals surface area contributed by atoms with Crippen LogP contribution in [0.5, 0.6) is 0 Å². The predicted octanol–water partition coefficient (Wildman–Crippen LogP) is 8.43. The van der Waals surface area contributed by atoms with Crippen LogP contribution >= 0.6 is 0 Å². The molecule has 0 unspecified atom stereocenters. The summed E-state index contributed by atoms with van der Waals surface area (Å²) in [6, 6.07) is 29.3. The summed E-state index contributed by atoms with van der Waals surface area (Å²) < 4.78 is 0. The van der Waals surface area contributed by atoms with Gasteiger partial charge >= 0.3 is 0 Å². The van der Waals surface area contributed by atoms with E-state index in [1.54, 1.807) is 0 Å². The lowest BCUT2D eigenvalue weighted by Gasteiger charge is -2.12. The van der Waals surface area contributed by atoms with Gasteiger partial charge in [-0.05, 0) is 58.2 Å². The highest BCUT2D eigenvalue weighted by molar-refractivity contribution is 6.12. The molecule has 0 bridgehead atoms. The predicted molar refractivity (Wildman–Crippen MR) is 145 cm³/mol. The quantitative estimate of drug-likeness (QED) is 0.203. The average Bonchev–Trinajstić information content (AvgIpc) is 2.90. The maximum absolute atomic E-state index is 4.83. The number of allylic oxidation sites excluding steroid dienone is 5. The fourth-order valence-corrected chi connectivity index (χ4v) is 4.46. The van der Waals surface area contributed by atoms with Gasteiger partial charge in [-0.15, -0.1) is 0 Å². The lowest BCUT2D eigenvalue weighted by atomic mass is 9.92. The Morgan fingerprint density at radius 1 is 0.735 bits per heavy atom. The van der Waals surface area contributed by atoms with E-state index in [0.29, 0.717) is 0 Å². The molecular weight excluding hydrogens is 412 g/mol. The number of aromatic nitrogens is 2. The molecular formula is C32H26N2. The summed E-state index contributed by atoms with van der Waals surface area (Å²) in [5.41, 5.74) is 5.49. The van der Waals surface area contributed by atoms with E-state index in [4.69, 9.17) is 4.98 Å². The molecule has 4 aromatic carbocycles. The summed E-state index contributed by atoms with van der Waals surface area (Å²) in [5.74, 6) is 0.730. The average molecular weight is 439 g/mol. The van der Waals surface area contributed by atoms with E-state index in [1.807, 2.05) is 55.6 Å². The molecule has 0 saturated heterocycles. The molecule has 0 saturated carbocycles. The van der Waals surface area contributed by atoms with Crippen LogP contribution in [-0.4, -0.2) is 9.97 Å². The van der Waals surface area contributed by atoms with Crippen molar-refractivity contribution < 1.29 is 0 Å². The van der Waals surface area contributed by atoms with Crippen molar-refractivity contribution in [2.75, 3.05) is 0 Å². The van der Waals surface area contributed by atoms with Gasteiger partial charge in [0.1, 0.15) is 0 Å². The Bertz CT molecular complexity index is 1560. The Kier molecular flexibility index (Phi) is 6.13. The summed E-state index contributed by atoms with van der Waals surface area (Å²) in [5, 5.41) is 5.14. The van der Waals surface area contributed by atoms with Crippen LogP contribution in [0.15, 0.2) is 115 Å². The van der Waals surface area contributed by atoms with Crippen molar-refractivity contribution in [3.05, 3.63) is 132 Å². The van der Waals surface area contributed by atoms with Crippen LogP contribution in [0.2, 0.25) is 0 Å². The van der Waals surface area contributed by atoms with Crippen LogP contribution in [0.25, 0.3) is 44.6 Å². The van der Waals surface area contributed by atoms with Gasteiger partial charge in [0, 0.05) is 11.8 Å². The molecule has 0 aliphatic heterocycles. The lowest BCUT2D eigenvalue weighted by Crippen LogP contribution is -1.93. The van der Waals surface area contributed by atoms with E-state index in [9.17, 15) is 0 Å². The van der Waals surface area contributed by atoms with Crippen LogP contribution in [-0.2, 0) is 0 Å². The molecule has 34 heavy (non-hydrogen) atoms. The standard InChI is InChI=1S/C32H26N2/c1-3-12-24(31-21-22-33-32(34-31)25-13-5-4-6-14-25)15-11-20-27-23(2)26-16-7-8-17-28(26)30-19-10-9-18-29(27)30/h3-22H,1-2H3/b12-3-,20-11+,24-15+. The molecule has 2 nitrogen and oxygen atoms in total. The van der Waals surface area contributed by atoms with Crippen LogP contribution in [0, 0.1) is 6.92 Å². The Labute approximate surface area is 200 Å². The number of aryl methyl sites for hydroxylation is 1. The minimum atomic E-state index is 0.730. The Balaban J connectivity index is 1.58. The highest BCUT2D eigenvalue weighted by Crippen LogP contribution is 2.33. The zero-order chi connectivity index (χ0) is 23.3. The Morgan fingerprint density at radius 2 is 1.38 bits per heavy atom. The first-order valence-electron chi connectivity index (χ1n) is 11.6. The second-order valence-electron chi connectivity index (χ2n) is 8.24. The van der Waals surface area contributed by atoms with Crippen molar-refractivity contribution in [1.82, 2.24) is 9.97 Å². The van der Waals surface area contributed by atoms with Gasteiger partial charge in [0.15, 0.2) is 5.82 Å². The highest BCUT2D eigenvalue weighted by atomic mass is 14.9. The molecule has 1 aromatic heterocycles. The normalized spacial score (nSPS) is 12.4. The molecule has 0 aliphatic carbocycles. The van der Waals surface area contributed by atoms with Crippen molar-refractivity contribution in [2.24, 2.45) is 0 Å². The fourth-order valence-electron chi connectivity index (χ4n) is 4.46. The van der Waals surface area contributed by atoms with Gasteiger partial charge in [0.05, 0.1) is 5.69 Å². The second kappa shape index (κ2) is 9.68. The van der Waals surface area contributed by atoms with E-state index >= 15 is 0 Å². The monoisotopic (exact) mass is 438 g/mol. The number of rotatable bonds is 5. The second-order valence-corrected chi connectivity index (χ2v) is 8.24. The minimum Gasteiger partial charge on any atom is -0.237 e. The molecule has 0 radical (unpaired) electrons. The first-order chi connectivity index (χ1) is 16.8. The first-order valence-corrected chi connectivity index (χ1v) is 11.6. The van der Waals surface area contributed by atoms with Crippen LogP contribution in [0.3, 0.4) is 0 Å². The van der Waals surface area contributed by atoms with E-state index < -0.39 is 0 Å². The van der Waals surface area contributed by atoms with Gasteiger partial charge in [0.25, 0.3) is 0 Å².